The van der Waals surface area contributed by atoms with Crippen molar-refractivity contribution in [1.29, 1.82) is 0 Å². The topological polar surface area (TPSA) is 61.5 Å². The van der Waals surface area contributed by atoms with Gasteiger partial charge in [0.25, 0.3) is 0 Å². The Labute approximate surface area is 108 Å². The lowest BCUT2D eigenvalue weighted by Crippen LogP contribution is -2.33. The summed E-state index contributed by atoms with van der Waals surface area (Å²) in [6.45, 7) is 7.59. The lowest BCUT2D eigenvalue weighted by Gasteiger charge is -2.22. The first-order valence-electron chi connectivity index (χ1n) is 6.00. The number of hydrogen-bond acceptors (Lipinski definition) is 4. The fraction of sp³-hybridized carbons (Fsp3) is 0.500. The molecule has 0 radical (unpaired) electrons. The zero-order valence-corrected chi connectivity index (χ0v) is 11.4. The van der Waals surface area contributed by atoms with Crippen molar-refractivity contribution in [1.82, 2.24) is 0 Å². The van der Waals surface area contributed by atoms with Gasteiger partial charge in [-0.2, -0.15) is 0 Å². The van der Waals surface area contributed by atoms with Gasteiger partial charge in [0.2, 0.25) is 0 Å². The van der Waals surface area contributed by atoms with Gasteiger partial charge in [-0.3, -0.25) is 0 Å². The summed E-state index contributed by atoms with van der Waals surface area (Å²) in [5, 5.41) is 0. The van der Waals surface area contributed by atoms with Crippen molar-refractivity contribution in [3.8, 4) is 5.75 Å². The maximum atomic E-state index is 11.7. The number of carbonyl (C=O) groups is 1. The average Bonchev–Trinajstić information content (AvgIpc) is 2.27. The molecule has 1 atom stereocenters. The molecule has 0 aliphatic carbocycles. The number of hydrogen-bond donors (Lipinski definition) is 1. The van der Waals surface area contributed by atoms with Gasteiger partial charge in [-0.15, -0.1) is 0 Å². The summed E-state index contributed by atoms with van der Waals surface area (Å²) in [6, 6.07) is 7.37. The minimum atomic E-state index is -0.641. The van der Waals surface area contributed by atoms with Crippen LogP contribution < -0.4 is 10.5 Å². The molecule has 18 heavy (non-hydrogen) atoms. The van der Waals surface area contributed by atoms with Crippen molar-refractivity contribution < 1.29 is 14.3 Å². The predicted molar refractivity (Wildman–Crippen MR) is 70.3 cm³/mol. The Kier molecular flexibility index (Phi) is 4.73. The van der Waals surface area contributed by atoms with Crippen LogP contribution in [-0.2, 0) is 16.1 Å². The third-order valence-corrected chi connectivity index (χ3v) is 2.19. The van der Waals surface area contributed by atoms with Crippen LogP contribution in [0.3, 0.4) is 0 Å². The first-order chi connectivity index (χ1) is 8.31. The maximum Gasteiger partial charge on any atom is 0.347 e. The Morgan fingerprint density at radius 3 is 2.61 bits per heavy atom. The van der Waals surface area contributed by atoms with Gasteiger partial charge < -0.3 is 15.2 Å². The minimum Gasteiger partial charge on any atom is -0.479 e. The smallest absolute Gasteiger partial charge is 0.347 e. The highest BCUT2D eigenvalue weighted by molar-refractivity contribution is 5.75. The number of esters is 1. The normalized spacial score (nSPS) is 12.9. The molecule has 1 aromatic rings. The lowest BCUT2D eigenvalue weighted by molar-refractivity contribution is -0.162. The molecule has 0 spiro atoms. The van der Waals surface area contributed by atoms with Gasteiger partial charge in [-0.1, -0.05) is 12.1 Å². The van der Waals surface area contributed by atoms with Gasteiger partial charge in [0.1, 0.15) is 11.4 Å². The Morgan fingerprint density at radius 2 is 2.06 bits per heavy atom. The molecular formula is C14H21NO3. The number of rotatable bonds is 4. The van der Waals surface area contributed by atoms with E-state index in [0.717, 1.165) is 5.56 Å². The zero-order chi connectivity index (χ0) is 13.8. The molecule has 0 saturated carbocycles. The molecule has 0 aliphatic rings. The first kappa shape index (κ1) is 14.5. The molecule has 4 nitrogen and oxygen atoms in total. The van der Waals surface area contributed by atoms with Gasteiger partial charge in [-0.25, -0.2) is 4.79 Å². The van der Waals surface area contributed by atoms with Crippen LogP contribution in [0.25, 0.3) is 0 Å². The summed E-state index contributed by atoms with van der Waals surface area (Å²) < 4.78 is 10.8. The number of ether oxygens (including phenoxy) is 2. The van der Waals surface area contributed by atoms with Gasteiger partial charge in [0, 0.05) is 6.54 Å². The quantitative estimate of drug-likeness (QED) is 0.834. The molecule has 0 fully saturated rings. The standard InChI is InChI=1S/C14H21NO3/c1-10(13(16)18-14(2,3)4)17-12-7-5-6-11(8-12)9-15/h5-8,10H,9,15H2,1-4H3/t10-/m0/s1. The van der Waals surface area contributed by atoms with E-state index in [1.807, 2.05) is 39.0 Å². The Balaban J connectivity index is 2.63. The molecule has 0 saturated heterocycles. The van der Waals surface area contributed by atoms with E-state index >= 15 is 0 Å². The van der Waals surface area contributed by atoms with E-state index in [1.165, 1.54) is 0 Å². The van der Waals surface area contributed by atoms with Crippen LogP contribution >= 0.6 is 0 Å². The lowest BCUT2D eigenvalue weighted by atomic mass is 10.2. The van der Waals surface area contributed by atoms with E-state index in [4.69, 9.17) is 15.2 Å². The SMILES string of the molecule is C[C@H](Oc1cccc(CN)c1)C(=O)OC(C)(C)C. The van der Waals surface area contributed by atoms with E-state index in [0.29, 0.717) is 12.3 Å². The molecule has 1 aromatic carbocycles. The highest BCUT2D eigenvalue weighted by atomic mass is 16.6. The van der Waals surface area contributed by atoms with Crippen LogP contribution in [-0.4, -0.2) is 17.7 Å². The first-order valence-corrected chi connectivity index (χ1v) is 6.00. The fourth-order valence-corrected chi connectivity index (χ4v) is 1.38. The van der Waals surface area contributed by atoms with E-state index in [1.54, 1.807) is 13.0 Å². The molecule has 0 heterocycles. The van der Waals surface area contributed by atoms with E-state index in [9.17, 15) is 4.79 Å². The van der Waals surface area contributed by atoms with E-state index < -0.39 is 11.7 Å². The third-order valence-electron chi connectivity index (χ3n) is 2.19. The minimum absolute atomic E-state index is 0.374. The second kappa shape index (κ2) is 5.87. The molecule has 2 N–H and O–H groups in total. The van der Waals surface area contributed by atoms with Crippen LogP contribution in [0.4, 0.5) is 0 Å². The maximum absolute atomic E-state index is 11.7. The summed E-state index contributed by atoms with van der Waals surface area (Å²) in [7, 11) is 0. The monoisotopic (exact) mass is 251 g/mol. The van der Waals surface area contributed by atoms with Crippen molar-refractivity contribution in [2.24, 2.45) is 5.73 Å². The van der Waals surface area contributed by atoms with Crippen LogP contribution in [0.15, 0.2) is 24.3 Å². The highest BCUT2D eigenvalue weighted by Gasteiger charge is 2.22. The summed E-state index contributed by atoms with van der Waals surface area (Å²) in [5.41, 5.74) is 6.00. The van der Waals surface area contributed by atoms with Gasteiger partial charge >= 0.3 is 5.97 Å². The van der Waals surface area contributed by atoms with Crippen molar-refractivity contribution in [3.63, 3.8) is 0 Å². The van der Waals surface area contributed by atoms with Crippen molar-refractivity contribution in [3.05, 3.63) is 29.8 Å². The van der Waals surface area contributed by atoms with Crippen molar-refractivity contribution in [2.45, 2.75) is 45.9 Å². The molecule has 100 valence electrons. The molecule has 0 unspecified atom stereocenters. The molecule has 0 bridgehead atoms. The summed E-state index contributed by atoms with van der Waals surface area (Å²) in [6.07, 6.45) is -0.641. The zero-order valence-electron chi connectivity index (χ0n) is 11.4. The molecule has 0 amide bonds. The Bertz CT molecular complexity index is 410. The van der Waals surface area contributed by atoms with Gasteiger partial charge in [0.15, 0.2) is 6.10 Å². The van der Waals surface area contributed by atoms with Gasteiger partial charge in [-0.05, 0) is 45.4 Å². The van der Waals surface area contributed by atoms with Crippen molar-refractivity contribution in [2.75, 3.05) is 0 Å². The fourth-order valence-electron chi connectivity index (χ4n) is 1.38. The Hall–Kier alpha value is -1.55. The summed E-state index contributed by atoms with van der Waals surface area (Å²) >= 11 is 0. The second-order valence-corrected chi connectivity index (χ2v) is 5.15. The summed E-state index contributed by atoms with van der Waals surface area (Å²) in [4.78, 5) is 11.7. The predicted octanol–water partition coefficient (Wildman–Crippen LogP) is 2.25. The average molecular weight is 251 g/mol. The van der Waals surface area contributed by atoms with Crippen LogP contribution in [0, 0.1) is 0 Å². The molecule has 0 aromatic heterocycles. The van der Waals surface area contributed by atoms with Crippen LogP contribution in [0.2, 0.25) is 0 Å². The van der Waals surface area contributed by atoms with E-state index in [-0.39, 0.29) is 5.97 Å². The number of benzene rings is 1. The molecular weight excluding hydrogens is 230 g/mol. The van der Waals surface area contributed by atoms with Crippen LogP contribution in [0.5, 0.6) is 5.75 Å². The molecule has 1 rings (SSSR count). The largest absolute Gasteiger partial charge is 0.479 e. The molecule has 4 heteroatoms. The van der Waals surface area contributed by atoms with Crippen molar-refractivity contribution >= 4 is 5.97 Å². The molecule has 0 aliphatic heterocycles. The second-order valence-electron chi connectivity index (χ2n) is 5.15. The number of carbonyl (C=O) groups excluding carboxylic acids is 1. The highest BCUT2D eigenvalue weighted by Crippen LogP contribution is 2.16. The summed E-state index contributed by atoms with van der Waals surface area (Å²) in [5.74, 6) is 0.247. The Morgan fingerprint density at radius 1 is 1.39 bits per heavy atom. The number of nitrogens with two attached hydrogens (primary N) is 1. The van der Waals surface area contributed by atoms with Crippen LogP contribution in [0.1, 0.15) is 33.3 Å². The van der Waals surface area contributed by atoms with Gasteiger partial charge in [0.05, 0.1) is 0 Å². The third kappa shape index (κ3) is 4.75. The van der Waals surface area contributed by atoms with E-state index in [2.05, 4.69) is 0 Å².